The van der Waals surface area contributed by atoms with Crippen LogP contribution in [-0.4, -0.2) is 16.5 Å². The van der Waals surface area contributed by atoms with Crippen molar-refractivity contribution >= 4 is 29.2 Å². The molecule has 0 saturated heterocycles. The fourth-order valence-corrected chi connectivity index (χ4v) is 2.61. The van der Waals surface area contributed by atoms with Gasteiger partial charge in [0.2, 0.25) is 0 Å². The van der Waals surface area contributed by atoms with Crippen molar-refractivity contribution in [1.29, 1.82) is 0 Å². The average molecular weight is 308 g/mol. The first-order chi connectivity index (χ1) is 9.71. The van der Waals surface area contributed by atoms with Gasteiger partial charge in [-0.05, 0) is 30.7 Å². The summed E-state index contributed by atoms with van der Waals surface area (Å²) in [5.41, 5.74) is 0. The second-order valence-corrected chi connectivity index (χ2v) is 5.87. The van der Waals surface area contributed by atoms with Gasteiger partial charge in [-0.25, -0.2) is 9.97 Å². The van der Waals surface area contributed by atoms with Crippen molar-refractivity contribution in [1.82, 2.24) is 9.97 Å². The Morgan fingerprint density at radius 2 is 1.90 bits per heavy atom. The van der Waals surface area contributed by atoms with Crippen molar-refractivity contribution in [3.05, 3.63) is 41.2 Å². The molecule has 20 heavy (non-hydrogen) atoms. The van der Waals surface area contributed by atoms with Crippen LogP contribution >= 0.6 is 23.4 Å². The monoisotopic (exact) mass is 307 g/mol. The number of nitrogens with one attached hydrogen (secondary N) is 1. The summed E-state index contributed by atoms with van der Waals surface area (Å²) < 4.78 is 0. The molecule has 2 aromatic rings. The minimum Gasteiger partial charge on any atom is -0.370 e. The number of aromatic nitrogens is 2. The fraction of sp³-hybridized carbons (Fsp3) is 0.333. The number of rotatable bonds is 6. The third kappa shape index (κ3) is 4.39. The molecular weight excluding hydrogens is 290 g/mol. The molecule has 5 heteroatoms. The number of hydrogen-bond acceptors (Lipinski definition) is 4. The highest BCUT2D eigenvalue weighted by atomic mass is 35.5. The molecule has 0 aliphatic carbocycles. The van der Waals surface area contributed by atoms with Crippen LogP contribution in [0.25, 0.3) is 0 Å². The highest BCUT2D eigenvalue weighted by molar-refractivity contribution is 7.99. The quantitative estimate of drug-likeness (QED) is 0.787. The van der Waals surface area contributed by atoms with Crippen LogP contribution in [0.5, 0.6) is 0 Å². The van der Waals surface area contributed by atoms with Gasteiger partial charge < -0.3 is 5.32 Å². The van der Waals surface area contributed by atoms with Gasteiger partial charge in [0.1, 0.15) is 16.7 Å². The van der Waals surface area contributed by atoms with Crippen LogP contribution in [0, 0.1) is 0 Å². The molecule has 1 aromatic carbocycles. The lowest BCUT2D eigenvalue weighted by molar-refractivity contribution is 0.877. The second-order valence-electron chi connectivity index (χ2n) is 4.34. The van der Waals surface area contributed by atoms with Crippen molar-refractivity contribution in [3.63, 3.8) is 0 Å². The molecule has 1 heterocycles. The van der Waals surface area contributed by atoms with Crippen LogP contribution in [0.4, 0.5) is 5.82 Å². The van der Waals surface area contributed by atoms with E-state index in [0.717, 1.165) is 46.0 Å². The highest BCUT2D eigenvalue weighted by Crippen LogP contribution is 2.28. The summed E-state index contributed by atoms with van der Waals surface area (Å²) in [6, 6.07) is 9.78. The Labute approximate surface area is 129 Å². The summed E-state index contributed by atoms with van der Waals surface area (Å²) in [7, 11) is 0. The molecule has 0 unspecified atom stereocenters. The van der Waals surface area contributed by atoms with Gasteiger partial charge in [0.05, 0.1) is 0 Å². The van der Waals surface area contributed by atoms with Gasteiger partial charge in [-0.1, -0.05) is 37.2 Å². The lowest BCUT2D eigenvalue weighted by Gasteiger charge is -2.08. The molecule has 0 bridgehead atoms. The number of anilines is 1. The SMILES string of the molecule is CCCNc1cc(Sc2ccc(Cl)cc2)nc(CC)n1. The van der Waals surface area contributed by atoms with Gasteiger partial charge in [-0.2, -0.15) is 0 Å². The van der Waals surface area contributed by atoms with E-state index in [1.807, 2.05) is 30.3 Å². The van der Waals surface area contributed by atoms with Gasteiger partial charge in [-0.3, -0.25) is 0 Å². The third-order valence-electron chi connectivity index (χ3n) is 2.66. The van der Waals surface area contributed by atoms with E-state index in [2.05, 4.69) is 29.1 Å². The van der Waals surface area contributed by atoms with Gasteiger partial charge >= 0.3 is 0 Å². The van der Waals surface area contributed by atoms with Gasteiger partial charge in [0, 0.05) is 29.0 Å². The Bertz CT molecular complexity index is 558. The molecule has 3 nitrogen and oxygen atoms in total. The maximum absolute atomic E-state index is 5.90. The lowest BCUT2D eigenvalue weighted by Crippen LogP contribution is -2.05. The molecule has 106 valence electrons. The van der Waals surface area contributed by atoms with E-state index in [0.29, 0.717) is 0 Å². The first-order valence-corrected chi connectivity index (χ1v) is 7.96. The Morgan fingerprint density at radius 3 is 2.55 bits per heavy atom. The van der Waals surface area contributed by atoms with Crippen LogP contribution in [-0.2, 0) is 6.42 Å². The fourth-order valence-electron chi connectivity index (χ4n) is 1.65. The Morgan fingerprint density at radius 1 is 1.15 bits per heavy atom. The van der Waals surface area contributed by atoms with Gasteiger partial charge in [0.25, 0.3) is 0 Å². The zero-order chi connectivity index (χ0) is 14.4. The summed E-state index contributed by atoms with van der Waals surface area (Å²) in [5, 5.41) is 5.02. The maximum atomic E-state index is 5.90. The standard InChI is InChI=1S/C15H18ClN3S/c1-3-9-17-14-10-15(19-13(4-2)18-14)20-12-7-5-11(16)6-8-12/h5-8,10H,3-4,9H2,1-2H3,(H,17,18,19). The predicted octanol–water partition coefficient (Wildman–Crippen LogP) is 4.67. The van der Waals surface area contributed by atoms with Crippen molar-refractivity contribution in [2.75, 3.05) is 11.9 Å². The molecule has 2 rings (SSSR count). The van der Waals surface area contributed by atoms with E-state index < -0.39 is 0 Å². The molecule has 0 amide bonds. The van der Waals surface area contributed by atoms with E-state index in [1.54, 1.807) is 11.8 Å². The third-order valence-corrected chi connectivity index (χ3v) is 3.84. The molecule has 1 aromatic heterocycles. The summed E-state index contributed by atoms with van der Waals surface area (Å²) >= 11 is 7.52. The molecule has 0 spiro atoms. The Kier molecular flexibility index (Phi) is 5.68. The zero-order valence-electron chi connectivity index (χ0n) is 11.7. The van der Waals surface area contributed by atoms with Gasteiger partial charge in [-0.15, -0.1) is 0 Å². The summed E-state index contributed by atoms with van der Waals surface area (Å²) in [4.78, 5) is 10.2. The molecular formula is C15H18ClN3S. The first kappa shape index (κ1) is 15.1. The van der Waals surface area contributed by atoms with Crippen molar-refractivity contribution in [2.45, 2.75) is 36.6 Å². The van der Waals surface area contributed by atoms with E-state index in [4.69, 9.17) is 11.6 Å². The Balaban J connectivity index is 2.19. The molecule has 0 aliphatic heterocycles. The number of hydrogen-bond donors (Lipinski definition) is 1. The molecule has 0 aliphatic rings. The van der Waals surface area contributed by atoms with Crippen LogP contribution in [0.1, 0.15) is 26.1 Å². The smallest absolute Gasteiger partial charge is 0.131 e. The number of aryl methyl sites for hydroxylation is 1. The van der Waals surface area contributed by atoms with E-state index in [1.165, 1.54) is 0 Å². The van der Waals surface area contributed by atoms with Gasteiger partial charge in [0.15, 0.2) is 0 Å². The average Bonchev–Trinajstić information content (AvgIpc) is 2.47. The molecule has 0 fully saturated rings. The number of nitrogens with zero attached hydrogens (tertiary/aromatic N) is 2. The molecule has 0 atom stereocenters. The Hall–Kier alpha value is -1.26. The lowest BCUT2D eigenvalue weighted by atomic mass is 10.4. The van der Waals surface area contributed by atoms with Crippen molar-refractivity contribution in [2.24, 2.45) is 0 Å². The van der Waals surface area contributed by atoms with E-state index in [9.17, 15) is 0 Å². The van der Waals surface area contributed by atoms with E-state index >= 15 is 0 Å². The predicted molar refractivity (Wildman–Crippen MR) is 85.8 cm³/mol. The summed E-state index contributed by atoms with van der Waals surface area (Å²) in [5.74, 6) is 1.76. The minimum absolute atomic E-state index is 0.747. The zero-order valence-corrected chi connectivity index (χ0v) is 13.3. The van der Waals surface area contributed by atoms with Crippen LogP contribution in [0.15, 0.2) is 40.3 Å². The highest BCUT2D eigenvalue weighted by Gasteiger charge is 2.05. The first-order valence-electron chi connectivity index (χ1n) is 6.76. The molecule has 0 saturated carbocycles. The summed E-state index contributed by atoms with van der Waals surface area (Å²) in [6.45, 7) is 5.12. The topological polar surface area (TPSA) is 37.8 Å². The van der Waals surface area contributed by atoms with E-state index in [-0.39, 0.29) is 0 Å². The maximum Gasteiger partial charge on any atom is 0.131 e. The summed E-state index contributed by atoms with van der Waals surface area (Å²) in [6.07, 6.45) is 1.90. The van der Waals surface area contributed by atoms with Crippen molar-refractivity contribution in [3.8, 4) is 0 Å². The molecule has 0 radical (unpaired) electrons. The van der Waals surface area contributed by atoms with Crippen molar-refractivity contribution < 1.29 is 0 Å². The van der Waals surface area contributed by atoms with Crippen LogP contribution in [0.2, 0.25) is 5.02 Å². The minimum atomic E-state index is 0.747. The number of halogens is 1. The second kappa shape index (κ2) is 7.50. The molecule has 1 N–H and O–H groups in total. The largest absolute Gasteiger partial charge is 0.370 e. The normalized spacial score (nSPS) is 10.6. The van der Waals surface area contributed by atoms with Crippen LogP contribution in [0.3, 0.4) is 0 Å². The number of benzene rings is 1. The van der Waals surface area contributed by atoms with Crippen LogP contribution < -0.4 is 5.32 Å².